The van der Waals surface area contributed by atoms with Crippen LogP contribution in [-0.2, 0) is 9.59 Å². The molecule has 1 aliphatic carbocycles. The number of hydrogen-bond acceptors (Lipinski definition) is 3. The largest absolute Gasteiger partial charge is 0.423 e. The van der Waals surface area contributed by atoms with Crippen molar-refractivity contribution in [3.05, 3.63) is 75.8 Å². The zero-order chi connectivity index (χ0) is 18.4. The van der Waals surface area contributed by atoms with E-state index in [1.807, 2.05) is 42.5 Å². The molecule has 1 aliphatic rings. The first kappa shape index (κ1) is 18.3. The maximum atomic E-state index is 11.9. The molecule has 0 aliphatic heterocycles. The normalized spacial score (nSPS) is 16.2. The SMILES string of the molecule is O=C(/C=C/c1ccc(Br)cc1)Oc1ccc(/C=C2\CCCCC2=O)cc1. The number of esters is 1. The van der Waals surface area contributed by atoms with Gasteiger partial charge in [0.1, 0.15) is 5.75 Å². The molecule has 1 fully saturated rings. The van der Waals surface area contributed by atoms with Gasteiger partial charge in [-0.1, -0.05) is 40.2 Å². The molecule has 0 aromatic heterocycles. The van der Waals surface area contributed by atoms with Crippen molar-refractivity contribution in [2.24, 2.45) is 0 Å². The molecule has 0 atom stereocenters. The molecule has 132 valence electrons. The molecule has 0 bridgehead atoms. The molecule has 26 heavy (non-hydrogen) atoms. The number of allylic oxidation sites excluding steroid dienone is 1. The van der Waals surface area contributed by atoms with Crippen molar-refractivity contribution in [3.8, 4) is 5.75 Å². The summed E-state index contributed by atoms with van der Waals surface area (Å²) >= 11 is 3.37. The molecular weight excluding hydrogens is 392 g/mol. The fourth-order valence-corrected chi connectivity index (χ4v) is 3.04. The first-order valence-electron chi connectivity index (χ1n) is 8.59. The molecule has 0 N–H and O–H groups in total. The van der Waals surface area contributed by atoms with Crippen LogP contribution in [0.25, 0.3) is 12.2 Å². The van der Waals surface area contributed by atoms with E-state index in [-0.39, 0.29) is 5.78 Å². The van der Waals surface area contributed by atoms with Crippen LogP contribution in [-0.4, -0.2) is 11.8 Å². The van der Waals surface area contributed by atoms with Gasteiger partial charge in [-0.05, 0) is 72.4 Å². The van der Waals surface area contributed by atoms with Crippen LogP contribution in [0.2, 0.25) is 0 Å². The van der Waals surface area contributed by atoms with E-state index in [2.05, 4.69) is 15.9 Å². The second-order valence-electron chi connectivity index (χ2n) is 6.17. The van der Waals surface area contributed by atoms with Crippen LogP contribution >= 0.6 is 15.9 Å². The molecule has 0 unspecified atom stereocenters. The number of halogens is 1. The third-order valence-electron chi connectivity index (χ3n) is 4.18. The number of rotatable bonds is 4. The molecule has 0 radical (unpaired) electrons. The Bertz CT molecular complexity index is 846. The zero-order valence-corrected chi connectivity index (χ0v) is 15.9. The Hall–Kier alpha value is -2.46. The minimum absolute atomic E-state index is 0.241. The third kappa shape index (κ3) is 5.27. The van der Waals surface area contributed by atoms with Gasteiger partial charge in [0, 0.05) is 17.0 Å². The van der Waals surface area contributed by atoms with Gasteiger partial charge in [0.05, 0.1) is 0 Å². The van der Waals surface area contributed by atoms with Crippen molar-refractivity contribution in [1.29, 1.82) is 0 Å². The van der Waals surface area contributed by atoms with E-state index in [9.17, 15) is 9.59 Å². The van der Waals surface area contributed by atoms with Crippen LogP contribution < -0.4 is 4.74 Å². The standard InChI is InChI=1S/C22H19BrO3/c23-19-10-5-16(6-11-19)9-14-22(25)26-20-12-7-17(8-13-20)15-18-3-1-2-4-21(18)24/h5-15H,1-4H2/b14-9+,18-15+. The summed E-state index contributed by atoms with van der Waals surface area (Å²) < 4.78 is 6.29. The Morgan fingerprint density at radius 2 is 1.58 bits per heavy atom. The number of carbonyl (C=O) groups is 2. The molecular formula is C22H19BrO3. The summed E-state index contributed by atoms with van der Waals surface area (Å²) in [6.45, 7) is 0. The van der Waals surface area contributed by atoms with Crippen molar-refractivity contribution in [3.63, 3.8) is 0 Å². The first-order valence-corrected chi connectivity index (χ1v) is 9.39. The highest BCUT2D eigenvalue weighted by Crippen LogP contribution is 2.23. The fourth-order valence-electron chi connectivity index (χ4n) is 2.78. The molecule has 0 saturated heterocycles. The van der Waals surface area contributed by atoms with Crippen LogP contribution in [0.1, 0.15) is 36.8 Å². The number of hydrogen-bond donors (Lipinski definition) is 0. The summed E-state index contributed by atoms with van der Waals surface area (Å²) in [6.07, 6.45) is 8.59. The van der Waals surface area contributed by atoms with Crippen molar-refractivity contribution in [1.82, 2.24) is 0 Å². The molecule has 2 aromatic carbocycles. The minimum atomic E-state index is -0.429. The van der Waals surface area contributed by atoms with E-state index < -0.39 is 5.97 Å². The molecule has 4 heteroatoms. The summed E-state index contributed by atoms with van der Waals surface area (Å²) in [5.41, 5.74) is 2.75. The van der Waals surface area contributed by atoms with Crippen molar-refractivity contribution in [2.45, 2.75) is 25.7 Å². The van der Waals surface area contributed by atoms with E-state index in [0.717, 1.165) is 40.4 Å². The highest BCUT2D eigenvalue weighted by atomic mass is 79.9. The maximum Gasteiger partial charge on any atom is 0.336 e. The van der Waals surface area contributed by atoms with Gasteiger partial charge in [-0.25, -0.2) is 4.79 Å². The molecule has 3 nitrogen and oxygen atoms in total. The van der Waals surface area contributed by atoms with Crippen LogP contribution in [0, 0.1) is 0 Å². The lowest BCUT2D eigenvalue weighted by Gasteiger charge is -2.12. The van der Waals surface area contributed by atoms with Crippen molar-refractivity contribution >= 4 is 39.8 Å². The van der Waals surface area contributed by atoms with E-state index in [0.29, 0.717) is 12.2 Å². The van der Waals surface area contributed by atoms with Gasteiger partial charge in [-0.3, -0.25) is 4.79 Å². The first-order chi connectivity index (χ1) is 12.6. The lowest BCUT2D eigenvalue weighted by Crippen LogP contribution is -2.08. The lowest BCUT2D eigenvalue weighted by atomic mass is 9.92. The van der Waals surface area contributed by atoms with Gasteiger partial charge in [-0.2, -0.15) is 0 Å². The van der Waals surface area contributed by atoms with Crippen LogP contribution in [0.3, 0.4) is 0 Å². The average molecular weight is 411 g/mol. The smallest absolute Gasteiger partial charge is 0.336 e. The summed E-state index contributed by atoms with van der Waals surface area (Å²) in [7, 11) is 0. The Morgan fingerprint density at radius 3 is 2.27 bits per heavy atom. The van der Waals surface area contributed by atoms with E-state index in [4.69, 9.17) is 4.74 Å². The van der Waals surface area contributed by atoms with Crippen molar-refractivity contribution in [2.75, 3.05) is 0 Å². The number of carbonyl (C=O) groups excluding carboxylic acids is 2. The Kier molecular flexibility index (Phi) is 6.18. The Labute approximate surface area is 161 Å². The van der Waals surface area contributed by atoms with Crippen LogP contribution in [0.5, 0.6) is 5.75 Å². The van der Waals surface area contributed by atoms with Gasteiger partial charge in [0.25, 0.3) is 0 Å². The number of ether oxygens (including phenoxy) is 1. The maximum absolute atomic E-state index is 11.9. The molecule has 3 rings (SSSR count). The highest BCUT2D eigenvalue weighted by Gasteiger charge is 2.14. The van der Waals surface area contributed by atoms with E-state index in [1.165, 1.54) is 6.08 Å². The number of ketones is 1. The number of Topliss-reactive ketones (excluding diaryl/α,β-unsaturated/α-hetero) is 1. The highest BCUT2D eigenvalue weighted by molar-refractivity contribution is 9.10. The van der Waals surface area contributed by atoms with Gasteiger partial charge in [-0.15, -0.1) is 0 Å². The third-order valence-corrected chi connectivity index (χ3v) is 4.71. The second-order valence-corrected chi connectivity index (χ2v) is 7.09. The monoisotopic (exact) mass is 410 g/mol. The predicted octanol–water partition coefficient (Wildman–Crippen LogP) is 5.59. The van der Waals surface area contributed by atoms with Gasteiger partial charge in [0.2, 0.25) is 0 Å². The van der Waals surface area contributed by atoms with Crippen molar-refractivity contribution < 1.29 is 14.3 Å². The molecule has 2 aromatic rings. The van der Waals surface area contributed by atoms with Gasteiger partial charge >= 0.3 is 5.97 Å². The van der Waals surface area contributed by atoms with Crippen LogP contribution in [0.15, 0.2) is 64.7 Å². The van der Waals surface area contributed by atoms with Gasteiger partial charge in [0.15, 0.2) is 5.78 Å². The fraction of sp³-hybridized carbons (Fsp3) is 0.182. The topological polar surface area (TPSA) is 43.4 Å². The second kappa shape index (κ2) is 8.77. The molecule has 0 spiro atoms. The summed E-state index contributed by atoms with van der Waals surface area (Å²) in [4.78, 5) is 23.8. The molecule has 1 saturated carbocycles. The van der Waals surface area contributed by atoms with E-state index >= 15 is 0 Å². The molecule has 0 heterocycles. The molecule has 0 amide bonds. The Balaban J connectivity index is 1.60. The average Bonchev–Trinajstić information content (AvgIpc) is 2.65. The summed E-state index contributed by atoms with van der Waals surface area (Å²) in [6, 6.07) is 14.8. The Morgan fingerprint density at radius 1 is 0.923 bits per heavy atom. The van der Waals surface area contributed by atoms with E-state index in [1.54, 1.807) is 18.2 Å². The number of benzene rings is 2. The minimum Gasteiger partial charge on any atom is -0.423 e. The summed E-state index contributed by atoms with van der Waals surface area (Å²) in [5, 5.41) is 0. The predicted molar refractivity (Wildman–Crippen MR) is 107 cm³/mol. The van der Waals surface area contributed by atoms with Crippen LogP contribution in [0.4, 0.5) is 0 Å². The zero-order valence-electron chi connectivity index (χ0n) is 14.3. The summed E-state index contributed by atoms with van der Waals surface area (Å²) in [5.74, 6) is 0.291. The lowest BCUT2D eigenvalue weighted by molar-refractivity contribution is -0.128. The quantitative estimate of drug-likeness (QED) is 0.374. The van der Waals surface area contributed by atoms with Gasteiger partial charge < -0.3 is 4.74 Å².